The molecule has 0 amide bonds. The summed E-state index contributed by atoms with van der Waals surface area (Å²) in [5.74, 6) is 0. The van der Waals surface area contributed by atoms with E-state index in [-0.39, 0.29) is 26.3 Å². The molecule has 0 rings (SSSR count). The minimum atomic E-state index is -4.27. The number of alkyl halides is 3. The van der Waals surface area contributed by atoms with E-state index in [9.17, 15) is 13.2 Å². The molecular weight excluding hydrogens is 175 g/mol. The Morgan fingerprint density at radius 2 is 1.42 bits per heavy atom. The van der Waals surface area contributed by atoms with Gasteiger partial charge in [0, 0.05) is 13.1 Å². The highest BCUT2D eigenvalue weighted by molar-refractivity contribution is 4.61. The maximum Gasteiger partial charge on any atom is 0.401 e. The van der Waals surface area contributed by atoms with Gasteiger partial charge in [-0.15, -0.1) is 0 Å². The maximum absolute atomic E-state index is 11.7. The van der Waals surface area contributed by atoms with Crippen molar-refractivity contribution in [3.8, 4) is 0 Å². The number of aliphatic hydroxyl groups is 2. The molecule has 2 N–H and O–H groups in total. The number of hydrogen-bond acceptors (Lipinski definition) is 3. The van der Waals surface area contributed by atoms with Gasteiger partial charge in [-0.3, -0.25) is 4.90 Å². The maximum atomic E-state index is 11.7. The molecule has 0 aliphatic heterocycles. The van der Waals surface area contributed by atoms with Gasteiger partial charge < -0.3 is 10.2 Å². The van der Waals surface area contributed by atoms with Crippen molar-refractivity contribution in [2.75, 3.05) is 32.8 Å². The third kappa shape index (κ3) is 6.38. The van der Waals surface area contributed by atoms with Crippen molar-refractivity contribution >= 4 is 0 Å². The Bertz CT molecular complexity index is 112. The van der Waals surface area contributed by atoms with Crippen LogP contribution in [-0.4, -0.2) is 54.1 Å². The molecule has 0 aromatic rings. The second-order valence-corrected chi connectivity index (χ2v) is 2.34. The average molecular weight is 187 g/mol. The van der Waals surface area contributed by atoms with Gasteiger partial charge >= 0.3 is 6.18 Å². The molecule has 0 saturated heterocycles. The van der Waals surface area contributed by atoms with E-state index in [2.05, 4.69) is 0 Å². The second kappa shape index (κ2) is 5.34. The van der Waals surface area contributed by atoms with E-state index in [1.165, 1.54) is 0 Å². The van der Waals surface area contributed by atoms with Gasteiger partial charge in [0.1, 0.15) is 0 Å². The van der Waals surface area contributed by atoms with Crippen LogP contribution < -0.4 is 0 Å². The summed E-state index contributed by atoms with van der Waals surface area (Å²) in [4.78, 5) is 0.944. The van der Waals surface area contributed by atoms with Crippen molar-refractivity contribution in [3.63, 3.8) is 0 Å². The second-order valence-electron chi connectivity index (χ2n) is 2.34. The third-order valence-corrected chi connectivity index (χ3v) is 1.24. The first-order chi connectivity index (χ1) is 5.49. The fourth-order valence-electron chi connectivity index (χ4n) is 0.806. The normalized spacial score (nSPS) is 12.5. The molecule has 0 aromatic heterocycles. The lowest BCUT2D eigenvalue weighted by molar-refractivity contribution is -0.147. The fraction of sp³-hybridized carbons (Fsp3) is 1.00. The highest BCUT2D eigenvalue weighted by Crippen LogP contribution is 2.15. The van der Waals surface area contributed by atoms with E-state index in [1.807, 2.05) is 0 Å². The van der Waals surface area contributed by atoms with Gasteiger partial charge in [0.2, 0.25) is 0 Å². The zero-order valence-electron chi connectivity index (χ0n) is 6.51. The van der Waals surface area contributed by atoms with Crippen LogP contribution in [0.5, 0.6) is 0 Å². The van der Waals surface area contributed by atoms with Crippen molar-refractivity contribution in [1.29, 1.82) is 0 Å². The van der Waals surface area contributed by atoms with Crippen LogP contribution in [0.15, 0.2) is 0 Å². The first kappa shape index (κ1) is 11.7. The van der Waals surface area contributed by atoms with Crippen molar-refractivity contribution in [1.82, 2.24) is 4.90 Å². The van der Waals surface area contributed by atoms with E-state index in [0.717, 1.165) is 4.90 Å². The molecule has 0 radical (unpaired) electrons. The lowest BCUT2D eigenvalue weighted by atomic mass is 10.4. The van der Waals surface area contributed by atoms with E-state index in [4.69, 9.17) is 10.2 Å². The number of hydrogen-bond donors (Lipinski definition) is 2. The minimum Gasteiger partial charge on any atom is -0.395 e. The molecule has 0 aliphatic carbocycles. The average Bonchev–Trinajstić information content (AvgIpc) is 1.84. The molecule has 0 aromatic carbocycles. The van der Waals surface area contributed by atoms with Crippen LogP contribution in [0.4, 0.5) is 13.2 Å². The van der Waals surface area contributed by atoms with E-state index >= 15 is 0 Å². The van der Waals surface area contributed by atoms with E-state index in [0.29, 0.717) is 0 Å². The molecular formula is C6H12F3NO2. The van der Waals surface area contributed by atoms with Crippen molar-refractivity contribution in [3.05, 3.63) is 0 Å². The van der Waals surface area contributed by atoms with Gasteiger partial charge in [0.15, 0.2) is 0 Å². The molecule has 0 heterocycles. The Balaban J connectivity index is 3.77. The quantitative estimate of drug-likeness (QED) is 0.628. The fourth-order valence-corrected chi connectivity index (χ4v) is 0.806. The largest absolute Gasteiger partial charge is 0.401 e. The third-order valence-electron chi connectivity index (χ3n) is 1.24. The molecule has 74 valence electrons. The predicted molar refractivity (Wildman–Crippen MR) is 36.7 cm³/mol. The van der Waals surface area contributed by atoms with Gasteiger partial charge in [-0.1, -0.05) is 0 Å². The zero-order valence-corrected chi connectivity index (χ0v) is 6.51. The lowest BCUT2D eigenvalue weighted by Crippen LogP contribution is -2.37. The number of halogens is 3. The lowest BCUT2D eigenvalue weighted by Gasteiger charge is -2.21. The summed E-state index contributed by atoms with van der Waals surface area (Å²) in [5.41, 5.74) is 0. The number of aliphatic hydroxyl groups excluding tert-OH is 2. The molecule has 0 saturated carbocycles. The van der Waals surface area contributed by atoms with Crippen molar-refractivity contribution in [2.24, 2.45) is 0 Å². The van der Waals surface area contributed by atoms with Gasteiger partial charge in [-0.05, 0) is 0 Å². The highest BCUT2D eigenvalue weighted by atomic mass is 19.4. The Hall–Kier alpha value is -0.330. The van der Waals surface area contributed by atoms with E-state index < -0.39 is 12.7 Å². The Morgan fingerprint density at radius 3 is 1.67 bits per heavy atom. The van der Waals surface area contributed by atoms with Crippen LogP contribution >= 0.6 is 0 Å². The summed E-state index contributed by atoms with van der Waals surface area (Å²) in [7, 11) is 0. The molecule has 12 heavy (non-hydrogen) atoms. The van der Waals surface area contributed by atoms with Crippen LogP contribution in [0, 0.1) is 0 Å². The number of nitrogens with zero attached hydrogens (tertiary/aromatic N) is 1. The first-order valence-electron chi connectivity index (χ1n) is 3.50. The summed E-state index contributed by atoms with van der Waals surface area (Å²) >= 11 is 0. The molecule has 6 heteroatoms. The Kier molecular flexibility index (Phi) is 5.19. The summed E-state index contributed by atoms with van der Waals surface area (Å²) in [5, 5.41) is 16.7. The molecule has 0 atom stereocenters. The zero-order chi connectivity index (χ0) is 9.61. The van der Waals surface area contributed by atoms with Crippen LogP contribution in [-0.2, 0) is 0 Å². The molecule has 0 fully saturated rings. The standard InChI is InChI=1S/C6H12F3NO2/c7-6(8,9)5-10(1-3-11)2-4-12/h11-12H,1-5H2. The molecule has 0 aliphatic rings. The summed E-state index contributed by atoms with van der Waals surface area (Å²) in [6.07, 6.45) is -4.27. The van der Waals surface area contributed by atoms with Gasteiger partial charge in [0.25, 0.3) is 0 Å². The van der Waals surface area contributed by atoms with Crippen molar-refractivity contribution < 1.29 is 23.4 Å². The topological polar surface area (TPSA) is 43.7 Å². The smallest absolute Gasteiger partial charge is 0.395 e. The van der Waals surface area contributed by atoms with E-state index in [1.54, 1.807) is 0 Å². The monoisotopic (exact) mass is 187 g/mol. The first-order valence-corrected chi connectivity index (χ1v) is 3.50. The van der Waals surface area contributed by atoms with Crippen LogP contribution in [0.3, 0.4) is 0 Å². The van der Waals surface area contributed by atoms with Gasteiger partial charge in [-0.2, -0.15) is 13.2 Å². The Labute approximate surface area is 68.4 Å². The Morgan fingerprint density at radius 1 is 1.00 bits per heavy atom. The molecule has 0 spiro atoms. The highest BCUT2D eigenvalue weighted by Gasteiger charge is 2.29. The minimum absolute atomic E-state index is 0.0694. The summed E-state index contributed by atoms with van der Waals surface area (Å²) in [6.45, 7) is -1.90. The van der Waals surface area contributed by atoms with Gasteiger partial charge in [-0.25, -0.2) is 0 Å². The van der Waals surface area contributed by atoms with Crippen molar-refractivity contribution in [2.45, 2.75) is 6.18 Å². The van der Waals surface area contributed by atoms with Crippen LogP contribution in [0.25, 0.3) is 0 Å². The van der Waals surface area contributed by atoms with Gasteiger partial charge in [0.05, 0.1) is 19.8 Å². The van der Waals surface area contributed by atoms with Crippen LogP contribution in [0.1, 0.15) is 0 Å². The summed E-state index contributed by atoms with van der Waals surface area (Å²) in [6, 6.07) is 0. The molecule has 0 bridgehead atoms. The summed E-state index contributed by atoms with van der Waals surface area (Å²) < 4.78 is 35.2. The van der Waals surface area contributed by atoms with Crippen LogP contribution in [0.2, 0.25) is 0 Å². The molecule has 0 unspecified atom stereocenters. The number of rotatable bonds is 5. The SMILES string of the molecule is OCCN(CCO)CC(F)(F)F. The predicted octanol–water partition coefficient (Wildman–Crippen LogP) is -0.165. The molecule has 3 nitrogen and oxygen atoms in total.